The molecule has 2 aromatic heterocycles. The molecule has 5 rings (SSSR count). The van der Waals surface area contributed by atoms with Crippen molar-refractivity contribution in [1.82, 2.24) is 14.8 Å². The molecule has 5 nitrogen and oxygen atoms in total. The van der Waals surface area contributed by atoms with Crippen LogP contribution >= 0.6 is 0 Å². The van der Waals surface area contributed by atoms with Crippen LogP contribution in [0.3, 0.4) is 0 Å². The van der Waals surface area contributed by atoms with Crippen LogP contribution in [0.4, 0.5) is 0 Å². The minimum absolute atomic E-state index is 0.00909. The molecule has 0 unspecified atom stereocenters. The Hall–Kier alpha value is -3.18. The fourth-order valence-electron chi connectivity index (χ4n) is 4.17. The van der Waals surface area contributed by atoms with Crippen LogP contribution in [-0.2, 0) is 6.54 Å². The van der Waals surface area contributed by atoms with Crippen LogP contribution in [0, 0.1) is 6.92 Å². The molecule has 0 bridgehead atoms. The molecule has 4 aromatic rings. The SMILES string of the molecule is Cc1c(C(=O)N2CCN(Cc3cccc4cccnc34)CC2)oc2ccccc12. The van der Waals surface area contributed by atoms with Crippen LogP contribution in [0.25, 0.3) is 21.9 Å². The van der Waals surface area contributed by atoms with Crippen molar-refractivity contribution < 1.29 is 9.21 Å². The smallest absolute Gasteiger partial charge is 0.289 e. The van der Waals surface area contributed by atoms with Gasteiger partial charge in [0.05, 0.1) is 5.52 Å². The van der Waals surface area contributed by atoms with Crippen LogP contribution < -0.4 is 0 Å². The van der Waals surface area contributed by atoms with Gasteiger partial charge in [0.25, 0.3) is 5.91 Å². The third kappa shape index (κ3) is 3.28. The molecule has 5 heteroatoms. The number of amides is 1. The summed E-state index contributed by atoms with van der Waals surface area (Å²) < 4.78 is 5.87. The first-order valence-corrected chi connectivity index (χ1v) is 10.0. The van der Waals surface area contributed by atoms with E-state index in [0.29, 0.717) is 18.8 Å². The van der Waals surface area contributed by atoms with Crippen molar-refractivity contribution in [2.75, 3.05) is 26.2 Å². The Morgan fingerprint density at radius 3 is 2.62 bits per heavy atom. The van der Waals surface area contributed by atoms with Gasteiger partial charge in [0.2, 0.25) is 0 Å². The first-order chi connectivity index (χ1) is 14.2. The summed E-state index contributed by atoms with van der Waals surface area (Å²) >= 11 is 0. The lowest BCUT2D eigenvalue weighted by Crippen LogP contribution is -2.48. The summed E-state index contributed by atoms with van der Waals surface area (Å²) in [4.78, 5) is 21.9. The lowest BCUT2D eigenvalue weighted by Gasteiger charge is -2.34. The van der Waals surface area contributed by atoms with E-state index in [-0.39, 0.29) is 5.91 Å². The molecule has 1 aliphatic rings. The normalized spacial score (nSPS) is 15.3. The Balaban J connectivity index is 1.28. The number of furan rings is 1. The van der Waals surface area contributed by atoms with Gasteiger partial charge in [-0.1, -0.05) is 42.5 Å². The van der Waals surface area contributed by atoms with Crippen LogP contribution in [0.1, 0.15) is 21.7 Å². The van der Waals surface area contributed by atoms with Crippen molar-refractivity contribution in [3.05, 3.63) is 77.7 Å². The van der Waals surface area contributed by atoms with E-state index in [4.69, 9.17) is 4.42 Å². The van der Waals surface area contributed by atoms with E-state index < -0.39 is 0 Å². The Morgan fingerprint density at radius 1 is 1.00 bits per heavy atom. The van der Waals surface area contributed by atoms with Crippen LogP contribution in [0.5, 0.6) is 0 Å². The highest BCUT2D eigenvalue weighted by atomic mass is 16.3. The number of fused-ring (bicyclic) bond motifs is 2. The monoisotopic (exact) mass is 385 g/mol. The molecule has 3 heterocycles. The highest BCUT2D eigenvalue weighted by Crippen LogP contribution is 2.26. The molecule has 0 spiro atoms. The van der Waals surface area contributed by atoms with E-state index in [1.165, 1.54) is 10.9 Å². The number of rotatable bonds is 3. The zero-order valence-corrected chi connectivity index (χ0v) is 16.5. The second-order valence-electron chi connectivity index (χ2n) is 7.61. The first-order valence-electron chi connectivity index (χ1n) is 10.0. The molecule has 146 valence electrons. The van der Waals surface area contributed by atoms with Gasteiger partial charge in [0, 0.05) is 55.3 Å². The Labute approximate surface area is 169 Å². The third-order valence-electron chi connectivity index (χ3n) is 5.81. The second kappa shape index (κ2) is 7.33. The second-order valence-corrected chi connectivity index (χ2v) is 7.61. The summed E-state index contributed by atoms with van der Waals surface area (Å²) in [7, 11) is 0. The van der Waals surface area contributed by atoms with E-state index in [2.05, 4.69) is 34.1 Å². The number of aromatic nitrogens is 1. The average molecular weight is 385 g/mol. The Bertz CT molecular complexity index is 1180. The maximum atomic E-state index is 13.0. The van der Waals surface area contributed by atoms with Crippen molar-refractivity contribution in [2.45, 2.75) is 13.5 Å². The fraction of sp³-hybridized carbons (Fsp3) is 0.250. The van der Waals surface area contributed by atoms with E-state index in [1.54, 1.807) is 0 Å². The third-order valence-corrected chi connectivity index (χ3v) is 5.81. The molecule has 0 aliphatic carbocycles. The predicted molar refractivity (Wildman–Crippen MR) is 114 cm³/mol. The number of carbonyl (C=O) groups excluding carboxylic acids is 1. The highest BCUT2D eigenvalue weighted by Gasteiger charge is 2.26. The van der Waals surface area contributed by atoms with Gasteiger partial charge >= 0.3 is 0 Å². The molecule has 2 aromatic carbocycles. The predicted octanol–water partition coefficient (Wildman–Crippen LogP) is 4.25. The molecule has 0 radical (unpaired) electrons. The van der Waals surface area contributed by atoms with Crippen LogP contribution in [0.2, 0.25) is 0 Å². The molecule has 0 saturated carbocycles. The van der Waals surface area contributed by atoms with Gasteiger partial charge in [0.1, 0.15) is 5.58 Å². The number of para-hydroxylation sites is 2. The largest absolute Gasteiger partial charge is 0.451 e. The van der Waals surface area contributed by atoms with Crippen molar-refractivity contribution in [3.63, 3.8) is 0 Å². The number of benzene rings is 2. The van der Waals surface area contributed by atoms with Gasteiger partial charge in [-0.3, -0.25) is 14.7 Å². The quantitative estimate of drug-likeness (QED) is 0.529. The number of nitrogens with zero attached hydrogens (tertiary/aromatic N) is 3. The number of carbonyl (C=O) groups is 1. The van der Waals surface area contributed by atoms with Crippen molar-refractivity contribution in [2.24, 2.45) is 0 Å². The fourth-order valence-corrected chi connectivity index (χ4v) is 4.17. The van der Waals surface area contributed by atoms with E-state index >= 15 is 0 Å². The topological polar surface area (TPSA) is 49.6 Å². The van der Waals surface area contributed by atoms with E-state index in [1.807, 2.05) is 48.4 Å². The maximum Gasteiger partial charge on any atom is 0.289 e. The van der Waals surface area contributed by atoms with Crippen molar-refractivity contribution >= 4 is 27.8 Å². The van der Waals surface area contributed by atoms with Gasteiger partial charge in [-0.05, 0) is 24.6 Å². The Morgan fingerprint density at radius 2 is 1.79 bits per heavy atom. The number of aryl methyl sites for hydroxylation is 1. The standard InChI is InChI=1S/C24H23N3O2/c1-17-20-9-2-3-10-21(20)29-23(17)24(28)27-14-12-26(13-15-27)16-19-7-4-6-18-8-5-11-25-22(18)19/h2-11H,12-16H2,1H3. The number of hydrogen-bond donors (Lipinski definition) is 0. The van der Waals surface area contributed by atoms with E-state index in [0.717, 1.165) is 41.7 Å². The zero-order valence-electron chi connectivity index (χ0n) is 16.5. The first kappa shape index (κ1) is 17.9. The van der Waals surface area contributed by atoms with Gasteiger partial charge in [-0.15, -0.1) is 0 Å². The Kier molecular flexibility index (Phi) is 4.52. The van der Waals surface area contributed by atoms with Crippen molar-refractivity contribution in [1.29, 1.82) is 0 Å². The van der Waals surface area contributed by atoms with Gasteiger partial charge < -0.3 is 9.32 Å². The molecule has 29 heavy (non-hydrogen) atoms. The maximum absolute atomic E-state index is 13.0. The zero-order chi connectivity index (χ0) is 19.8. The summed E-state index contributed by atoms with van der Waals surface area (Å²) in [6.45, 7) is 5.90. The highest BCUT2D eigenvalue weighted by molar-refractivity contribution is 5.99. The number of hydrogen-bond acceptors (Lipinski definition) is 4. The molecule has 0 N–H and O–H groups in total. The molecular formula is C24H23N3O2. The molecule has 1 saturated heterocycles. The summed E-state index contributed by atoms with van der Waals surface area (Å²) in [6, 6.07) is 18.2. The minimum atomic E-state index is -0.00909. The molecule has 1 fully saturated rings. The van der Waals surface area contributed by atoms with E-state index in [9.17, 15) is 4.79 Å². The van der Waals surface area contributed by atoms with Gasteiger partial charge in [-0.25, -0.2) is 0 Å². The molecular weight excluding hydrogens is 362 g/mol. The minimum Gasteiger partial charge on any atom is -0.451 e. The number of piperazine rings is 1. The molecule has 1 aliphatic heterocycles. The average Bonchev–Trinajstić information content (AvgIpc) is 3.11. The molecule has 1 amide bonds. The summed E-state index contributed by atoms with van der Waals surface area (Å²) in [5.41, 5.74) is 3.99. The van der Waals surface area contributed by atoms with Crippen molar-refractivity contribution in [3.8, 4) is 0 Å². The van der Waals surface area contributed by atoms with Crippen LogP contribution in [0.15, 0.2) is 65.2 Å². The lowest BCUT2D eigenvalue weighted by atomic mass is 10.1. The molecule has 0 atom stereocenters. The summed E-state index contributed by atoms with van der Waals surface area (Å²) in [5, 5.41) is 2.18. The summed E-state index contributed by atoms with van der Waals surface area (Å²) in [6.07, 6.45) is 1.85. The van der Waals surface area contributed by atoms with Crippen LogP contribution in [-0.4, -0.2) is 46.9 Å². The van der Waals surface area contributed by atoms with Gasteiger partial charge in [0.15, 0.2) is 5.76 Å². The van der Waals surface area contributed by atoms with Gasteiger partial charge in [-0.2, -0.15) is 0 Å². The summed E-state index contributed by atoms with van der Waals surface area (Å²) in [5.74, 6) is 0.461. The lowest BCUT2D eigenvalue weighted by molar-refractivity contribution is 0.0599. The number of pyridine rings is 1.